The molecule has 0 bridgehead atoms. The molecule has 0 unspecified atom stereocenters. The lowest BCUT2D eigenvalue weighted by atomic mass is 9.97. The number of ether oxygens (including phenoxy) is 1. The number of carboxylic acids is 1. The van der Waals surface area contributed by atoms with Crippen LogP contribution >= 0.6 is 0 Å². The van der Waals surface area contributed by atoms with Gasteiger partial charge in [-0.3, -0.25) is 4.79 Å². The van der Waals surface area contributed by atoms with Crippen LogP contribution in [-0.4, -0.2) is 41.7 Å². The number of aliphatic carboxylic acids is 1. The van der Waals surface area contributed by atoms with Gasteiger partial charge in [-0.1, -0.05) is 12.1 Å². The van der Waals surface area contributed by atoms with Crippen molar-refractivity contribution >= 4 is 12.0 Å². The van der Waals surface area contributed by atoms with E-state index in [-0.39, 0.29) is 18.3 Å². The Kier molecular flexibility index (Phi) is 5.72. The van der Waals surface area contributed by atoms with Crippen molar-refractivity contribution in [3.8, 4) is 5.75 Å². The number of alkyl halides is 2. The molecular formula is C15H18F2N2O4. The summed E-state index contributed by atoms with van der Waals surface area (Å²) < 4.78 is 28.6. The zero-order valence-corrected chi connectivity index (χ0v) is 12.4. The first-order chi connectivity index (χ1) is 11.0. The van der Waals surface area contributed by atoms with Gasteiger partial charge in [-0.25, -0.2) is 4.79 Å². The number of rotatable bonds is 5. The van der Waals surface area contributed by atoms with E-state index < -0.39 is 18.5 Å². The third-order valence-electron chi connectivity index (χ3n) is 3.70. The number of hydrogen-bond acceptors (Lipinski definition) is 3. The Bertz CT molecular complexity index is 560. The molecule has 1 heterocycles. The average molecular weight is 328 g/mol. The minimum Gasteiger partial charge on any atom is -0.481 e. The summed E-state index contributed by atoms with van der Waals surface area (Å²) in [6.07, 6.45) is 0.862. The SMILES string of the molecule is O=C(O)C1CCN(C(=O)NCc2cccc(OC(F)F)c2)CC1. The Morgan fingerprint density at radius 1 is 1.35 bits per heavy atom. The number of hydrogen-bond donors (Lipinski definition) is 2. The maximum atomic E-state index is 12.2. The molecule has 2 N–H and O–H groups in total. The summed E-state index contributed by atoms with van der Waals surface area (Å²) in [7, 11) is 0. The van der Waals surface area contributed by atoms with Crippen molar-refractivity contribution in [2.45, 2.75) is 26.0 Å². The summed E-state index contributed by atoms with van der Waals surface area (Å²) >= 11 is 0. The third kappa shape index (κ3) is 5.08. The lowest BCUT2D eigenvalue weighted by Gasteiger charge is -2.30. The summed E-state index contributed by atoms with van der Waals surface area (Å²) in [4.78, 5) is 24.4. The number of carbonyl (C=O) groups is 2. The topological polar surface area (TPSA) is 78.9 Å². The molecule has 1 aromatic carbocycles. The van der Waals surface area contributed by atoms with Crippen molar-refractivity contribution in [1.82, 2.24) is 10.2 Å². The predicted octanol–water partition coefficient (Wildman–Crippen LogP) is 2.29. The zero-order chi connectivity index (χ0) is 16.8. The zero-order valence-electron chi connectivity index (χ0n) is 12.4. The second-order valence-electron chi connectivity index (χ2n) is 5.28. The van der Waals surface area contributed by atoms with Crippen molar-refractivity contribution in [1.29, 1.82) is 0 Å². The van der Waals surface area contributed by atoms with E-state index in [1.54, 1.807) is 17.0 Å². The van der Waals surface area contributed by atoms with Gasteiger partial charge < -0.3 is 20.1 Å². The molecule has 1 aromatic rings. The normalized spacial score (nSPS) is 15.5. The Hall–Kier alpha value is -2.38. The van der Waals surface area contributed by atoms with Crippen LogP contribution in [0.25, 0.3) is 0 Å². The van der Waals surface area contributed by atoms with Crippen LogP contribution in [0.2, 0.25) is 0 Å². The fourth-order valence-corrected chi connectivity index (χ4v) is 2.45. The van der Waals surface area contributed by atoms with Crippen LogP contribution < -0.4 is 10.1 Å². The molecule has 1 aliphatic heterocycles. The van der Waals surface area contributed by atoms with Crippen molar-refractivity contribution in [3.63, 3.8) is 0 Å². The number of urea groups is 1. The van der Waals surface area contributed by atoms with Crippen LogP contribution in [0.4, 0.5) is 13.6 Å². The van der Waals surface area contributed by atoms with Crippen LogP contribution in [-0.2, 0) is 11.3 Å². The lowest BCUT2D eigenvalue weighted by molar-refractivity contribution is -0.143. The van der Waals surface area contributed by atoms with Gasteiger partial charge in [0.1, 0.15) is 5.75 Å². The molecule has 0 radical (unpaired) electrons. The van der Waals surface area contributed by atoms with Crippen LogP contribution in [0.15, 0.2) is 24.3 Å². The molecular weight excluding hydrogens is 310 g/mol. The van der Waals surface area contributed by atoms with Gasteiger partial charge in [-0.15, -0.1) is 0 Å². The number of carbonyl (C=O) groups excluding carboxylic acids is 1. The van der Waals surface area contributed by atoms with Crippen molar-refractivity contribution in [2.75, 3.05) is 13.1 Å². The Morgan fingerprint density at radius 3 is 2.65 bits per heavy atom. The number of carboxylic acid groups (broad SMARTS) is 1. The number of nitrogens with one attached hydrogen (secondary N) is 1. The summed E-state index contributed by atoms with van der Waals surface area (Å²) in [5, 5.41) is 11.6. The van der Waals surface area contributed by atoms with Crippen molar-refractivity contribution in [2.24, 2.45) is 5.92 Å². The summed E-state index contributed by atoms with van der Waals surface area (Å²) in [5.41, 5.74) is 0.636. The van der Waals surface area contributed by atoms with E-state index in [2.05, 4.69) is 10.1 Å². The van der Waals surface area contributed by atoms with Gasteiger partial charge in [-0.2, -0.15) is 8.78 Å². The van der Waals surface area contributed by atoms with E-state index in [9.17, 15) is 18.4 Å². The molecule has 2 amide bonds. The number of piperidine rings is 1. The van der Waals surface area contributed by atoms with Gasteiger partial charge >= 0.3 is 18.6 Å². The molecule has 0 aromatic heterocycles. The second kappa shape index (κ2) is 7.75. The highest BCUT2D eigenvalue weighted by atomic mass is 19.3. The molecule has 0 saturated carbocycles. The van der Waals surface area contributed by atoms with E-state index in [4.69, 9.17) is 5.11 Å². The summed E-state index contributed by atoms with van der Waals surface area (Å²) in [6.45, 7) is -1.94. The van der Waals surface area contributed by atoms with Gasteiger partial charge in [-0.05, 0) is 30.5 Å². The third-order valence-corrected chi connectivity index (χ3v) is 3.70. The summed E-state index contributed by atoms with van der Waals surface area (Å²) in [6, 6.07) is 5.80. The molecule has 23 heavy (non-hydrogen) atoms. The smallest absolute Gasteiger partial charge is 0.387 e. The molecule has 6 nitrogen and oxygen atoms in total. The molecule has 1 saturated heterocycles. The molecule has 126 valence electrons. The van der Waals surface area contributed by atoms with E-state index in [1.165, 1.54) is 12.1 Å². The fourth-order valence-electron chi connectivity index (χ4n) is 2.45. The first-order valence-electron chi connectivity index (χ1n) is 7.25. The molecule has 0 spiro atoms. The maximum absolute atomic E-state index is 12.2. The molecule has 1 aliphatic rings. The highest BCUT2D eigenvalue weighted by Gasteiger charge is 2.26. The lowest BCUT2D eigenvalue weighted by Crippen LogP contribution is -2.45. The average Bonchev–Trinajstić information content (AvgIpc) is 2.52. The van der Waals surface area contributed by atoms with Crippen LogP contribution in [0.5, 0.6) is 5.75 Å². The van der Waals surface area contributed by atoms with E-state index in [0.29, 0.717) is 31.5 Å². The number of nitrogens with zero attached hydrogens (tertiary/aromatic N) is 1. The molecule has 1 fully saturated rings. The molecule has 8 heteroatoms. The molecule has 0 atom stereocenters. The highest BCUT2D eigenvalue weighted by molar-refractivity contribution is 5.75. The Labute approximate surface area is 132 Å². The van der Waals surface area contributed by atoms with Crippen molar-refractivity contribution in [3.05, 3.63) is 29.8 Å². The van der Waals surface area contributed by atoms with Crippen LogP contribution in [0, 0.1) is 5.92 Å². The minimum absolute atomic E-state index is 0.0361. The van der Waals surface area contributed by atoms with Gasteiger partial charge in [0.2, 0.25) is 0 Å². The quantitative estimate of drug-likeness (QED) is 0.869. The minimum atomic E-state index is -2.89. The standard InChI is InChI=1S/C15H18F2N2O4/c16-14(17)23-12-3-1-2-10(8-12)9-18-15(22)19-6-4-11(5-7-19)13(20)21/h1-3,8,11,14H,4-7,9H2,(H,18,22)(H,20,21). The van der Waals surface area contributed by atoms with Gasteiger partial charge in [0.15, 0.2) is 0 Å². The Balaban J connectivity index is 1.82. The van der Waals surface area contributed by atoms with Crippen LogP contribution in [0.1, 0.15) is 18.4 Å². The largest absolute Gasteiger partial charge is 0.481 e. The highest BCUT2D eigenvalue weighted by Crippen LogP contribution is 2.18. The van der Waals surface area contributed by atoms with Gasteiger partial charge in [0.05, 0.1) is 5.92 Å². The second-order valence-corrected chi connectivity index (χ2v) is 5.28. The summed E-state index contributed by atoms with van der Waals surface area (Å²) in [5.74, 6) is -1.20. The number of benzene rings is 1. The number of likely N-dealkylation sites (tertiary alicyclic amines) is 1. The van der Waals surface area contributed by atoms with E-state index in [1.807, 2.05) is 0 Å². The molecule has 2 rings (SSSR count). The maximum Gasteiger partial charge on any atom is 0.387 e. The first-order valence-corrected chi connectivity index (χ1v) is 7.25. The van der Waals surface area contributed by atoms with Gasteiger partial charge in [0, 0.05) is 19.6 Å². The number of amides is 2. The molecule has 0 aliphatic carbocycles. The van der Waals surface area contributed by atoms with Crippen molar-refractivity contribution < 1.29 is 28.2 Å². The Morgan fingerprint density at radius 2 is 2.04 bits per heavy atom. The predicted molar refractivity (Wildman–Crippen MR) is 77.2 cm³/mol. The van der Waals surface area contributed by atoms with Gasteiger partial charge in [0.25, 0.3) is 0 Å². The van der Waals surface area contributed by atoms with E-state index >= 15 is 0 Å². The first kappa shape index (κ1) is 17.0. The fraction of sp³-hybridized carbons (Fsp3) is 0.467. The van der Waals surface area contributed by atoms with Crippen LogP contribution in [0.3, 0.4) is 0 Å². The monoisotopic (exact) mass is 328 g/mol. The van der Waals surface area contributed by atoms with E-state index in [0.717, 1.165) is 0 Å². The number of halogens is 2.